The molecule has 0 aliphatic rings. The average molecular weight is 304 g/mol. The number of fused-ring (bicyclic) bond motifs is 1. The van der Waals surface area contributed by atoms with Gasteiger partial charge >= 0.3 is 0 Å². The SMILES string of the molecule is CCCCN(C)C(=O)Cn1ccc2c(OC)cc(OC)cc21. The fourth-order valence-electron chi connectivity index (χ4n) is 2.45. The second kappa shape index (κ2) is 7.20. The number of hydrogen-bond acceptors (Lipinski definition) is 3. The number of unbranched alkanes of at least 4 members (excludes halogenated alkanes) is 1. The standard InChI is InChI=1S/C17H24N2O3/c1-5-6-8-18(2)17(20)12-19-9-7-14-15(19)10-13(21-3)11-16(14)22-4/h7,9-11H,5-6,8,12H2,1-4H3. The number of nitrogens with zero attached hydrogens (tertiary/aromatic N) is 2. The van der Waals surface area contributed by atoms with Gasteiger partial charge in [-0.2, -0.15) is 0 Å². The van der Waals surface area contributed by atoms with E-state index in [1.54, 1.807) is 19.1 Å². The van der Waals surface area contributed by atoms with Crippen molar-refractivity contribution in [1.82, 2.24) is 9.47 Å². The summed E-state index contributed by atoms with van der Waals surface area (Å²) >= 11 is 0. The Balaban J connectivity index is 2.26. The first-order valence-electron chi connectivity index (χ1n) is 7.55. The number of likely N-dealkylation sites (N-methyl/N-ethyl adjacent to an activating group) is 1. The van der Waals surface area contributed by atoms with Crippen LogP contribution in [0.15, 0.2) is 24.4 Å². The van der Waals surface area contributed by atoms with Crippen molar-refractivity contribution in [2.24, 2.45) is 0 Å². The van der Waals surface area contributed by atoms with E-state index in [2.05, 4.69) is 6.92 Å². The molecule has 1 heterocycles. The van der Waals surface area contributed by atoms with E-state index in [0.717, 1.165) is 41.8 Å². The lowest BCUT2D eigenvalue weighted by atomic mass is 10.2. The van der Waals surface area contributed by atoms with Gasteiger partial charge in [0.1, 0.15) is 18.0 Å². The van der Waals surface area contributed by atoms with Crippen LogP contribution in [0.4, 0.5) is 0 Å². The molecular weight excluding hydrogens is 280 g/mol. The molecule has 1 aromatic carbocycles. The number of methoxy groups -OCH3 is 2. The minimum Gasteiger partial charge on any atom is -0.497 e. The number of hydrogen-bond donors (Lipinski definition) is 0. The third kappa shape index (κ3) is 3.35. The van der Waals surface area contributed by atoms with E-state index in [-0.39, 0.29) is 5.91 Å². The van der Waals surface area contributed by atoms with Gasteiger partial charge in [0.2, 0.25) is 5.91 Å². The normalized spacial score (nSPS) is 10.7. The molecule has 0 saturated carbocycles. The molecule has 0 saturated heterocycles. The van der Waals surface area contributed by atoms with Crippen LogP contribution in [0.1, 0.15) is 19.8 Å². The first-order chi connectivity index (χ1) is 10.6. The van der Waals surface area contributed by atoms with Gasteiger partial charge in [0.15, 0.2) is 0 Å². The monoisotopic (exact) mass is 304 g/mol. The Kier molecular flexibility index (Phi) is 5.31. The lowest BCUT2D eigenvalue weighted by molar-refractivity contribution is -0.130. The van der Waals surface area contributed by atoms with Crippen molar-refractivity contribution < 1.29 is 14.3 Å². The smallest absolute Gasteiger partial charge is 0.242 e. The molecule has 5 nitrogen and oxygen atoms in total. The van der Waals surface area contributed by atoms with Gasteiger partial charge in [0.05, 0.1) is 19.7 Å². The summed E-state index contributed by atoms with van der Waals surface area (Å²) in [5, 5.41) is 0.979. The molecule has 22 heavy (non-hydrogen) atoms. The summed E-state index contributed by atoms with van der Waals surface area (Å²) in [6.45, 7) is 3.23. The van der Waals surface area contributed by atoms with Crippen LogP contribution in [-0.4, -0.2) is 43.2 Å². The minimum atomic E-state index is 0.104. The number of carbonyl (C=O) groups excluding carboxylic acids is 1. The van der Waals surface area contributed by atoms with Gasteiger partial charge in [-0.25, -0.2) is 0 Å². The Hall–Kier alpha value is -2.17. The third-order valence-electron chi connectivity index (χ3n) is 3.86. The van der Waals surface area contributed by atoms with Crippen molar-refractivity contribution in [3.05, 3.63) is 24.4 Å². The van der Waals surface area contributed by atoms with E-state index in [1.165, 1.54) is 0 Å². The molecule has 0 aliphatic heterocycles. The Bertz CT molecular complexity index is 649. The largest absolute Gasteiger partial charge is 0.497 e. The highest BCUT2D eigenvalue weighted by Gasteiger charge is 2.13. The summed E-state index contributed by atoms with van der Waals surface area (Å²) in [6.07, 6.45) is 4.02. The zero-order valence-corrected chi connectivity index (χ0v) is 13.8. The van der Waals surface area contributed by atoms with Gasteiger partial charge in [0, 0.05) is 37.3 Å². The van der Waals surface area contributed by atoms with Gasteiger partial charge in [0.25, 0.3) is 0 Å². The fraction of sp³-hybridized carbons (Fsp3) is 0.471. The van der Waals surface area contributed by atoms with Crippen LogP contribution in [0.5, 0.6) is 11.5 Å². The summed E-state index contributed by atoms with van der Waals surface area (Å²) in [5.41, 5.74) is 0.938. The highest BCUT2D eigenvalue weighted by molar-refractivity contribution is 5.89. The lowest BCUT2D eigenvalue weighted by Crippen LogP contribution is -2.30. The van der Waals surface area contributed by atoms with E-state index in [9.17, 15) is 4.79 Å². The average Bonchev–Trinajstić information content (AvgIpc) is 2.94. The minimum absolute atomic E-state index is 0.104. The topological polar surface area (TPSA) is 43.7 Å². The molecule has 0 spiro atoms. The quantitative estimate of drug-likeness (QED) is 0.790. The second-order valence-electron chi connectivity index (χ2n) is 5.37. The molecule has 2 aromatic rings. The number of rotatable bonds is 7. The van der Waals surface area contributed by atoms with Crippen LogP contribution in [-0.2, 0) is 11.3 Å². The summed E-state index contributed by atoms with van der Waals surface area (Å²) in [5.74, 6) is 1.57. The number of ether oxygens (including phenoxy) is 2. The lowest BCUT2D eigenvalue weighted by Gasteiger charge is -2.17. The van der Waals surface area contributed by atoms with Crippen molar-refractivity contribution in [1.29, 1.82) is 0 Å². The maximum absolute atomic E-state index is 12.3. The number of aromatic nitrogens is 1. The van der Waals surface area contributed by atoms with E-state index >= 15 is 0 Å². The maximum Gasteiger partial charge on any atom is 0.242 e. The van der Waals surface area contributed by atoms with Gasteiger partial charge in [-0.15, -0.1) is 0 Å². The molecule has 1 aromatic heterocycles. The number of amides is 1. The van der Waals surface area contributed by atoms with Crippen LogP contribution in [0.2, 0.25) is 0 Å². The molecule has 2 rings (SSSR count). The van der Waals surface area contributed by atoms with Crippen LogP contribution in [0, 0.1) is 0 Å². The van der Waals surface area contributed by atoms with Gasteiger partial charge in [-0.1, -0.05) is 13.3 Å². The Labute approximate surface area is 131 Å². The van der Waals surface area contributed by atoms with Crippen LogP contribution < -0.4 is 9.47 Å². The molecule has 0 radical (unpaired) electrons. The maximum atomic E-state index is 12.3. The zero-order valence-electron chi connectivity index (χ0n) is 13.8. The summed E-state index contributed by atoms with van der Waals surface area (Å²) < 4.78 is 12.6. The Morgan fingerprint density at radius 2 is 2.05 bits per heavy atom. The summed E-state index contributed by atoms with van der Waals surface area (Å²) in [7, 11) is 5.11. The van der Waals surface area contributed by atoms with Crippen molar-refractivity contribution in [2.75, 3.05) is 27.8 Å². The molecule has 0 atom stereocenters. The first kappa shape index (κ1) is 16.2. The predicted molar refractivity (Wildman–Crippen MR) is 87.6 cm³/mol. The van der Waals surface area contributed by atoms with Crippen LogP contribution >= 0.6 is 0 Å². The van der Waals surface area contributed by atoms with Crippen LogP contribution in [0.3, 0.4) is 0 Å². The molecule has 0 N–H and O–H groups in total. The van der Waals surface area contributed by atoms with E-state index in [0.29, 0.717) is 6.54 Å². The number of carbonyl (C=O) groups is 1. The predicted octanol–water partition coefficient (Wildman–Crippen LogP) is 2.92. The van der Waals surface area contributed by atoms with Crippen molar-refractivity contribution in [2.45, 2.75) is 26.3 Å². The molecular formula is C17H24N2O3. The Morgan fingerprint density at radius 1 is 1.27 bits per heavy atom. The summed E-state index contributed by atoms with van der Waals surface area (Å²) in [4.78, 5) is 14.1. The van der Waals surface area contributed by atoms with Crippen molar-refractivity contribution >= 4 is 16.8 Å². The van der Waals surface area contributed by atoms with Crippen molar-refractivity contribution in [3.63, 3.8) is 0 Å². The molecule has 0 bridgehead atoms. The van der Waals surface area contributed by atoms with E-state index in [4.69, 9.17) is 9.47 Å². The third-order valence-corrected chi connectivity index (χ3v) is 3.86. The molecule has 5 heteroatoms. The first-order valence-corrected chi connectivity index (χ1v) is 7.55. The van der Waals surface area contributed by atoms with Crippen LogP contribution in [0.25, 0.3) is 10.9 Å². The van der Waals surface area contributed by atoms with Gasteiger partial charge in [-0.3, -0.25) is 4.79 Å². The van der Waals surface area contributed by atoms with E-state index in [1.807, 2.05) is 36.0 Å². The highest BCUT2D eigenvalue weighted by atomic mass is 16.5. The van der Waals surface area contributed by atoms with Gasteiger partial charge in [-0.05, 0) is 12.5 Å². The molecule has 0 unspecified atom stereocenters. The van der Waals surface area contributed by atoms with Crippen molar-refractivity contribution in [3.8, 4) is 11.5 Å². The molecule has 120 valence electrons. The highest BCUT2D eigenvalue weighted by Crippen LogP contribution is 2.31. The molecule has 0 fully saturated rings. The molecule has 1 amide bonds. The molecule has 0 aliphatic carbocycles. The Morgan fingerprint density at radius 3 is 2.68 bits per heavy atom. The summed E-state index contributed by atoms with van der Waals surface area (Å²) in [6, 6.07) is 5.74. The number of benzene rings is 1. The second-order valence-corrected chi connectivity index (χ2v) is 5.37. The zero-order chi connectivity index (χ0) is 16.1. The fourth-order valence-corrected chi connectivity index (χ4v) is 2.45. The van der Waals surface area contributed by atoms with Gasteiger partial charge < -0.3 is 18.9 Å². The van der Waals surface area contributed by atoms with E-state index < -0.39 is 0 Å².